The van der Waals surface area contributed by atoms with Crippen LogP contribution in [-0.2, 0) is 10.0 Å². The summed E-state index contributed by atoms with van der Waals surface area (Å²) in [5.74, 6) is 0.639. The smallest absolute Gasteiger partial charge is 0.289 e. The van der Waals surface area contributed by atoms with Crippen molar-refractivity contribution in [1.82, 2.24) is 19.3 Å². The van der Waals surface area contributed by atoms with Crippen LogP contribution in [0.1, 0.15) is 34.7 Å². The van der Waals surface area contributed by atoms with E-state index in [2.05, 4.69) is 10.1 Å². The molecule has 3 rings (SSSR count). The first-order valence-corrected chi connectivity index (χ1v) is 9.31. The Labute approximate surface area is 139 Å². The van der Waals surface area contributed by atoms with Gasteiger partial charge in [0.25, 0.3) is 5.91 Å². The molecule has 0 spiro atoms. The summed E-state index contributed by atoms with van der Waals surface area (Å²) in [4.78, 5) is 18.2. The van der Waals surface area contributed by atoms with Crippen molar-refractivity contribution in [2.24, 2.45) is 0 Å². The van der Waals surface area contributed by atoms with E-state index in [-0.39, 0.29) is 30.6 Å². The maximum absolute atomic E-state index is 12.4. The van der Waals surface area contributed by atoms with Crippen LogP contribution in [0.2, 0.25) is 0 Å². The average Bonchev–Trinajstić information content (AvgIpc) is 3.13. The average molecular weight is 354 g/mol. The number of hydrogen-bond donors (Lipinski definition) is 0. The normalized spacial score (nSPS) is 20.1. The zero-order valence-electron chi connectivity index (χ0n) is 13.4. The molecule has 1 aliphatic heterocycles. The Morgan fingerprint density at radius 2 is 2.12 bits per heavy atom. The summed E-state index contributed by atoms with van der Waals surface area (Å²) >= 11 is 0. The monoisotopic (exact) mass is 354 g/mol. The summed E-state index contributed by atoms with van der Waals surface area (Å²) in [6.07, 6.45) is 2.92. The van der Waals surface area contributed by atoms with Crippen LogP contribution in [0.5, 0.6) is 0 Å². The van der Waals surface area contributed by atoms with Gasteiger partial charge in [-0.15, -0.1) is 0 Å². The molecule has 0 saturated carbocycles. The van der Waals surface area contributed by atoms with E-state index in [1.165, 1.54) is 10.6 Å². The van der Waals surface area contributed by atoms with Crippen LogP contribution in [-0.4, -0.2) is 59.6 Å². The van der Waals surface area contributed by atoms with Gasteiger partial charge in [0.1, 0.15) is 6.04 Å². The summed E-state index contributed by atoms with van der Waals surface area (Å²) in [5, 5.41) is 3.73. The number of amides is 1. The molecule has 10 heteroatoms. The van der Waals surface area contributed by atoms with Gasteiger partial charge in [-0.2, -0.15) is 9.29 Å². The zero-order valence-corrected chi connectivity index (χ0v) is 14.2. The van der Waals surface area contributed by atoms with Gasteiger partial charge >= 0.3 is 0 Å². The highest BCUT2D eigenvalue weighted by atomic mass is 32.2. The van der Waals surface area contributed by atoms with Gasteiger partial charge < -0.3 is 13.8 Å². The molecule has 0 radical (unpaired) electrons. The van der Waals surface area contributed by atoms with Crippen LogP contribution < -0.4 is 0 Å². The minimum Gasteiger partial charge on any atom is -0.459 e. The van der Waals surface area contributed by atoms with E-state index in [1.54, 1.807) is 24.0 Å². The standard InChI is InChI=1S/C14H18N4O5S/c1-10-15-13(23-16-10)11-5-6-17(7-8-18(11)24(2,20)21)14(19)12-4-3-9-22-12/h3-4,9,11H,5-8H2,1-2H3. The van der Waals surface area contributed by atoms with Gasteiger partial charge in [-0.05, 0) is 25.5 Å². The van der Waals surface area contributed by atoms with E-state index in [0.717, 1.165) is 6.26 Å². The van der Waals surface area contributed by atoms with Gasteiger partial charge in [-0.3, -0.25) is 4.79 Å². The van der Waals surface area contributed by atoms with Crippen molar-refractivity contribution < 1.29 is 22.2 Å². The second-order valence-electron chi connectivity index (χ2n) is 5.63. The third-order valence-corrected chi connectivity index (χ3v) is 5.17. The number of rotatable bonds is 3. The predicted molar refractivity (Wildman–Crippen MR) is 82.6 cm³/mol. The topological polar surface area (TPSA) is 110 Å². The fourth-order valence-corrected chi connectivity index (χ4v) is 3.83. The quantitative estimate of drug-likeness (QED) is 0.802. The van der Waals surface area contributed by atoms with Gasteiger partial charge in [0.15, 0.2) is 11.6 Å². The highest BCUT2D eigenvalue weighted by Gasteiger charge is 2.36. The number of nitrogens with zero attached hydrogens (tertiary/aromatic N) is 4. The molecule has 9 nitrogen and oxygen atoms in total. The predicted octanol–water partition coefficient (Wildman–Crippen LogP) is 0.820. The Morgan fingerprint density at radius 1 is 1.33 bits per heavy atom. The van der Waals surface area contributed by atoms with Gasteiger partial charge in [-0.1, -0.05) is 5.16 Å². The molecule has 1 unspecified atom stereocenters. The summed E-state index contributed by atoms with van der Waals surface area (Å²) in [6, 6.07) is 2.63. The van der Waals surface area contributed by atoms with E-state index >= 15 is 0 Å². The van der Waals surface area contributed by atoms with Crippen LogP contribution in [0.3, 0.4) is 0 Å². The van der Waals surface area contributed by atoms with E-state index in [4.69, 9.17) is 8.94 Å². The number of sulfonamides is 1. The molecule has 1 amide bonds. The zero-order chi connectivity index (χ0) is 17.3. The first-order chi connectivity index (χ1) is 11.4. The third-order valence-electron chi connectivity index (χ3n) is 3.88. The maximum atomic E-state index is 12.4. The lowest BCUT2D eigenvalue weighted by Gasteiger charge is -2.24. The van der Waals surface area contributed by atoms with Gasteiger partial charge in [0.2, 0.25) is 15.9 Å². The molecular weight excluding hydrogens is 336 g/mol. The second-order valence-corrected chi connectivity index (χ2v) is 7.56. The lowest BCUT2D eigenvalue weighted by Crippen LogP contribution is -2.37. The molecule has 0 aromatic carbocycles. The van der Waals surface area contributed by atoms with Gasteiger partial charge in [0, 0.05) is 19.6 Å². The molecule has 0 bridgehead atoms. The molecule has 24 heavy (non-hydrogen) atoms. The van der Waals surface area contributed by atoms with Gasteiger partial charge in [0.05, 0.1) is 12.5 Å². The summed E-state index contributed by atoms with van der Waals surface area (Å²) in [5.41, 5.74) is 0. The number of aryl methyl sites for hydroxylation is 1. The minimum atomic E-state index is -3.50. The second kappa shape index (κ2) is 6.36. The van der Waals surface area contributed by atoms with E-state index < -0.39 is 16.1 Å². The van der Waals surface area contributed by atoms with E-state index in [1.807, 2.05) is 0 Å². The number of carbonyl (C=O) groups is 1. The summed E-state index contributed by atoms with van der Waals surface area (Å²) < 4.78 is 35.9. The molecule has 1 aliphatic rings. The summed E-state index contributed by atoms with van der Waals surface area (Å²) in [7, 11) is -3.50. The lowest BCUT2D eigenvalue weighted by atomic mass is 10.2. The molecule has 0 aliphatic carbocycles. The van der Waals surface area contributed by atoms with Crippen molar-refractivity contribution in [3.8, 4) is 0 Å². The van der Waals surface area contributed by atoms with Crippen molar-refractivity contribution in [2.75, 3.05) is 25.9 Å². The number of aromatic nitrogens is 2. The first-order valence-electron chi connectivity index (χ1n) is 7.46. The van der Waals surface area contributed by atoms with Crippen LogP contribution >= 0.6 is 0 Å². The molecule has 2 aromatic rings. The maximum Gasteiger partial charge on any atom is 0.289 e. The number of furan rings is 1. The Kier molecular flexibility index (Phi) is 4.41. The molecule has 0 N–H and O–H groups in total. The van der Waals surface area contributed by atoms with E-state index in [0.29, 0.717) is 18.8 Å². The van der Waals surface area contributed by atoms with Crippen LogP contribution in [0, 0.1) is 6.92 Å². The van der Waals surface area contributed by atoms with Crippen LogP contribution in [0.25, 0.3) is 0 Å². The van der Waals surface area contributed by atoms with Crippen molar-refractivity contribution in [3.63, 3.8) is 0 Å². The van der Waals surface area contributed by atoms with Crippen molar-refractivity contribution in [3.05, 3.63) is 35.9 Å². The highest BCUT2D eigenvalue weighted by Crippen LogP contribution is 2.28. The molecular formula is C14H18N4O5S. The highest BCUT2D eigenvalue weighted by molar-refractivity contribution is 7.88. The van der Waals surface area contributed by atoms with Gasteiger partial charge in [-0.25, -0.2) is 8.42 Å². The van der Waals surface area contributed by atoms with Crippen molar-refractivity contribution in [1.29, 1.82) is 0 Å². The van der Waals surface area contributed by atoms with Crippen molar-refractivity contribution in [2.45, 2.75) is 19.4 Å². The summed E-state index contributed by atoms with van der Waals surface area (Å²) in [6.45, 7) is 2.44. The molecule has 1 atom stereocenters. The Bertz CT molecular complexity index is 814. The van der Waals surface area contributed by atoms with Crippen LogP contribution in [0.4, 0.5) is 0 Å². The molecule has 130 valence electrons. The van der Waals surface area contributed by atoms with Crippen molar-refractivity contribution >= 4 is 15.9 Å². The first kappa shape index (κ1) is 16.7. The Hall–Kier alpha value is -2.20. The molecule has 3 heterocycles. The molecule has 1 saturated heterocycles. The molecule has 1 fully saturated rings. The lowest BCUT2D eigenvalue weighted by molar-refractivity contribution is 0.0732. The fraction of sp³-hybridized carbons (Fsp3) is 0.500. The van der Waals surface area contributed by atoms with E-state index in [9.17, 15) is 13.2 Å². The Morgan fingerprint density at radius 3 is 2.71 bits per heavy atom. The fourth-order valence-electron chi connectivity index (χ4n) is 2.76. The third kappa shape index (κ3) is 3.34. The van der Waals surface area contributed by atoms with Crippen LogP contribution in [0.15, 0.2) is 27.3 Å². The Balaban J connectivity index is 1.86. The number of carbonyl (C=O) groups excluding carboxylic acids is 1. The SMILES string of the molecule is Cc1noc(C2CCN(C(=O)c3ccco3)CCN2S(C)(=O)=O)n1. The number of hydrogen-bond acceptors (Lipinski definition) is 7. The largest absolute Gasteiger partial charge is 0.459 e. The molecule has 2 aromatic heterocycles. The minimum absolute atomic E-state index is 0.150.